The Kier molecular flexibility index (Phi) is 7.09. The van der Waals surface area contributed by atoms with E-state index in [1.165, 1.54) is 31.0 Å². The van der Waals surface area contributed by atoms with Crippen LogP contribution in [0.2, 0.25) is 0 Å². The van der Waals surface area contributed by atoms with Crippen molar-refractivity contribution in [3.8, 4) is 0 Å². The second-order valence-electron chi connectivity index (χ2n) is 3.11. The van der Waals surface area contributed by atoms with Crippen molar-refractivity contribution < 1.29 is 4.74 Å². The van der Waals surface area contributed by atoms with Gasteiger partial charge in [-0.2, -0.15) is 11.8 Å². The van der Waals surface area contributed by atoms with Gasteiger partial charge in [0.05, 0.1) is 13.2 Å². The molecule has 0 bridgehead atoms. The summed E-state index contributed by atoms with van der Waals surface area (Å²) >= 11 is 7.57. The van der Waals surface area contributed by atoms with E-state index >= 15 is 0 Å². The molecule has 1 fully saturated rings. The number of thioether (sulfide) groups is 1. The highest BCUT2D eigenvalue weighted by Gasteiger charge is 2.07. The molecule has 0 aromatic rings. The van der Waals surface area contributed by atoms with Crippen LogP contribution in [-0.2, 0) is 4.74 Å². The molecule has 1 heterocycles. The Hall–Kier alpha value is 0.560. The maximum atomic E-state index is 5.51. The molecule has 1 rings (SSSR count). The Morgan fingerprint density at radius 3 is 3.00 bits per heavy atom. The van der Waals surface area contributed by atoms with Crippen LogP contribution < -0.4 is 0 Å². The van der Waals surface area contributed by atoms with Crippen LogP contribution in [0.1, 0.15) is 6.42 Å². The smallest absolute Gasteiger partial charge is 0.0602 e. The SMILES string of the molecule is ClCCOCCN1CCCSCC1. The fraction of sp³-hybridized carbons (Fsp3) is 1.00. The maximum absolute atomic E-state index is 5.51. The predicted molar refractivity (Wildman–Crippen MR) is 59.9 cm³/mol. The summed E-state index contributed by atoms with van der Waals surface area (Å²) in [5.74, 6) is 3.20. The lowest BCUT2D eigenvalue weighted by molar-refractivity contribution is 0.117. The average molecular weight is 224 g/mol. The standard InChI is InChI=1S/C9H18ClNOS/c10-2-6-12-7-4-11-3-1-8-13-9-5-11/h1-9H2. The van der Waals surface area contributed by atoms with Gasteiger partial charge >= 0.3 is 0 Å². The summed E-state index contributed by atoms with van der Waals surface area (Å²) in [6, 6.07) is 0. The number of nitrogens with zero attached hydrogens (tertiary/aromatic N) is 1. The minimum atomic E-state index is 0.607. The van der Waals surface area contributed by atoms with Gasteiger partial charge in [0, 0.05) is 24.7 Å². The molecule has 0 atom stereocenters. The van der Waals surface area contributed by atoms with Gasteiger partial charge in [0.1, 0.15) is 0 Å². The molecule has 1 aliphatic rings. The average Bonchev–Trinajstić information content (AvgIpc) is 2.41. The van der Waals surface area contributed by atoms with Crippen LogP contribution in [0.15, 0.2) is 0 Å². The zero-order valence-corrected chi connectivity index (χ0v) is 9.58. The Morgan fingerprint density at radius 2 is 2.15 bits per heavy atom. The van der Waals surface area contributed by atoms with E-state index in [-0.39, 0.29) is 0 Å². The molecule has 1 saturated heterocycles. The summed E-state index contributed by atoms with van der Waals surface area (Å²) in [6.07, 6.45) is 1.32. The fourth-order valence-electron chi connectivity index (χ4n) is 1.37. The summed E-state index contributed by atoms with van der Waals surface area (Å²) in [7, 11) is 0. The molecule has 0 aromatic carbocycles. The predicted octanol–water partition coefficient (Wildman–Crippen LogP) is 1.68. The highest BCUT2D eigenvalue weighted by atomic mass is 35.5. The van der Waals surface area contributed by atoms with E-state index in [4.69, 9.17) is 16.3 Å². The molecule has 0 radical (unpaired) electrons. The Bertz CT molecular complexity index is 118. The topological polar surface area (TPSA) is 12.5 Å². The molecular weight excluding hydrogens is 206 g/mol. The van der Waals surface area contributed by atoms with Crippen molar-refractivity contribution in [1.82, 2.24) is 4.90 Å². The highest BCUT2D eigenvalue weighted by Crippen LogP contribution is 2.09. The lowest BCUT2D eigenvalue weighted by Crippen LogP contribution is -2.29. The summed E-state index contributed by atoms with van der Waals surface area (Å²) in [5.41, 5.74) is 0. The van der Waals surface area contributed by atoms with Crippen LogP contribution in [0.25, 0.3) is 0 Å². The van der Waals surface area contributed by atoms with Crippen LogP contribution in [0.4, 0.5) is 0 Å². The zero-order chi connectivity index (χ0) is 9.36. The minimum Gasteiger partial charge on any atom is -0.379 e. The van der Waals surface area contributed by atoms with Crippen LogP contribution in [0.5, 0.6) is 0 Å². The van der Waals surface area contributed by atoms with E-state index < -0.39 is 0 Å². The van der Waals surface area contributed by atoms with Crippen molar-refractivity contribution in [3.05, 3.63) is 0 Å². The van der Waals surface area contributed by atoms with Crippen LogP contribution >= 0.6 is 23.4 Å². The normalized spacial score (nSPS) is 20.1. The lowest BCUT2D eigenvalue weighted by Gasteiger charge is -2.18. The van der Waals surface area contributed by atoms with Crippen molar-refractivity contribution in [1.29, 1.82) is 0 Å². The van der Waals surface area contributed by atoms with Gasteiger partial charge in [0.15, 0.2) is 0 Å². The molecule has 0 saturated carbocycles. The van der Waals surface area contributed by atoms with Gasteiger partial charge in [-0.3, -0.25) is 0 Å². The van der Waals surface area contributed by atoms with Gasteiger partial charge in [-0.1, -0.05) is 0 Å². The van der Waals surface area contributed by atoms with E-state index in [1.807, 2.05) is 0 Å². The molecule has 0 aromatic heterocycles. The number of hydrogen-bond acceptors (Lipinski definition) is 3. The molecule has 1 aliphatic heterocycles. The summed E-state index contributed by atoms with van der Waals surface area (Å²) in [5, 5.41) is 0. The van der Waals surface area contributed by atoms with Crippen LogP contribution in [0.3, 0.4) is 0 Å². The molecule has 0 amide bonds. The second-order valence-corrected chi connectivity index (χ2v) is 4.71. The fourth-order valence-corrected chi connectivity index (χ4v) is 2.41. The third-order valence-electron chi connectivity index (χ3n) is 2.09. The second kappa shape index (κ2) is 7.92. The van der Waals surface area contributed by atoms with Gasteiger partial charge in [-0.05, 0) is 18.7 Å². The quantitative estimate of drug-likeness (QED) is 0.520. The van der Waals surface area contributed by atoms with Crippen molar-refractivity contribution in [3.63, 3.8) is 0 Å². The zero-order valence-electron chi connectivity index (χ0n) is 8.01. The molecule has 0 spiro atoms. The molecule has 0 aliphatic carbocycles. The third kappa shape index (κ3) is 5.78. The molecule has 0 N–H and O–H groups in total. The van der Waals surface area contributed by atoms with Gasteiger partial charge < -0.3 is 9.64 Å². The number of halogens is 1. The molecule has 0 unspecified atom stereocenters. The Balaban J connectivity index is 1.98. The van der Waals surface area contributed by atoms with Crippen molar-refractivity contribution in [2.24, 2.45) is 0 Å². The first-order chi connectivity index (χ1) is 6.43. The third-order valence-corrected chi connectivity index (χ3v) is 3.29. The van der Waals surface area contributed by atoms with E-state index in [0.717, 1.165) is 13.2 Å². The van der Waals surface area contributed by atoms with Crippen molar-refractivity contribution in [2.75, 3.05) is 50.2 Å². The number of ether oxygens (including phenoxy) is 1. The summed E-state index contributed by atoms with van der Waals surface area (Å²) < 4.78 is 5.35. The van der Waals surface area contributed by atoms with E-state index in [2.05, 4.69) is 16.7 Å². The molecule has 78 valence electrons. The molecule has 13 heavy (non-hydrogen) atoms. The molecular formula is C9H18ClNOS. The van der Waals surface area contributed by atoms with Gasteiger partial charge in [0.2, 0.25) is 0 Å². The van der Waals surface area contributed by atoms with E-state index in [0.29, 0.717) is 12.5 Å². The highest BCUT2D eigenvalue weighted by molar-refractivity contribution is 7.99. The summed E-state index contributed by atoms with van der Waals surface area (Å²) in [6.45, 7) is 5.03. The minimum absolute atomic E-state index is 0.607. The van der Waals surface area contributed by atoms with Crippen molar-refractivity contribution in [2.45, 2.75) is 6.42 Å². The first kappa shape index (κ1) is 11.6. The van der Waals surface area contributed by atoms with Crippen LogP contribution in [0, 0.1) is 0 Å². The van der Waals surface area contributed by atoms with Crippen LogP contribution in [-0.4, -0.2) is 55.1 Å². The summed E-state index contributed by atoms with van der Waals surface area (Å²) in [4.78, 5) is 2.48. The van der Waals surface area contributed by atoms with E-state index in [9.17, 15) is 0 Å². The Morgan fingerprint density at radius 1 is 1.23 bits per heavy atom. The van der Waals surface area contributed by atoms with Crippen molar-refractivity contribution >= 4 is 23.4 Å². The number of alkyl halides is 1. The number of hydrogen-bond donors (Lipinski definition) is 0. The van der Waals surface area contributed by atoms with Gasteiger partial charge in [-0.25, -0.2) is 0 Å². The monoisotopic (exact) mass is 223 g/mol. The number of rotatable bonds is 5. The first-order valence-electron chi connectivity index (χ1n) is 4.87. The molecule has 4 heteroatoms. The lowest BCUT2D eigenvalue weighted by atomic mass is 10.4. The van der Waals surface area contributed by atoms with Gasteiger partial charge in [-0.15, -0.1) is 11.6 Å². The maximum Gasteiger partial charge on any atom is 0.0602 e. The largest absolute Gasteiger partial charge is 0.379 e. The Labute approximate surface area is 90.0 Å². The first-order valence-corrected chi connectivity index (χ1v) is 6.56. The molecule has 2 nitrogen and oxygen atoms in total. The van der Waals surface area contributed by atoms with E-state index in [1.54, 1.807) is 0 Å². The van der Waals surface area contributed by atoms with Gasteiger partial charge in [0.25, 0.3) is 0 Å².